The maximum Gasteiger partial charge on any atom is 0.513 e. The van der Waals surface area contributed by atoms with Gasteiger partial charge in [0, 0.05) is 0 Å². The molecule has 5 heteroatoms. The van der Waals surface area contributed by atoms with Gasteiger partial charge in [0.15, 0.2) is 0 Å². The van der Waals surface area contributed by atoms with Crippen LogP contribution in [0.5, 0.6) is 5.75 Å². The second-order valence-electron chi connectivity index (χ2n) is 8.49. The molecule has 5 nitrogen and oxygen atoms in total. The summed E-state index contributed by atoms with van der Waals surface area (Å²) in [4.78, 5) is 23.5. The normalized spacial score (nSPS) is 10.7. The predicted octanol–water partition coefficient (Wildman–Crippen LogP) is 8.25. The topological polar surface area (TPSA) is 61.8 Å². The van der Waals surface area contributed by atoms with Crippen molar-refractivity contribution in [2.45, 2.75) is 110 Å². The molecular weight excluding hydrogens is 404 g/mol. The molecule has 0 N–H and O–H groups in total. The van der Waals surface area contributed by atoms with Crippen LogP contribution in [0.2, 0.25) is 0 Å². The number of methoxy groups -OCH3 is 1. The van der Waals surface area contributed by atoms with Crippen molar-refractivity contribution in [2.75, 3.05) is 13.7 Å². The molecule has 0 aromatic heterocycles. The zero-order valence-electron chi connectivity index (χ0n) is 20.4. The van der Waals surface area contributed by atoms with Crippen LogP contribution in [0.1, 0.15) is 120 Å². The van der Waals surface area contributed by atoms with Crippen LogP contribution in [0.4, 0.5) is 4.79 Å². The third kappa shape index (κ3) is 14.1. The zero-order chi connectivity index (χ0) is 23.3. The molecular formula is C27H44O5. The van der Waals surface area contributed by atoms with Crippen molar-refractivity contribution in [3.8, 4) is 5.75 Å². The minimum absolute atomic E-state index is 0.149. The summed E-state index contributed by atoms with van der Waals surface area (Å²) in [5.41, 5.74) is 0.203. The van der Waals surface area contributed by atoms with Crippen LogP contribution in [0.15, 0.2) is 24.3 Å². The fourth-order valence-corrected chi connectivity index (χ4v) is 3.76. The van der Waals surface area contributed by atoms with Gasteiger partial charge in [0.25, 0.3) is 0 Å². The number of hydrogen-bond donors (Lipinski definition) is 0. The van der Waals surface area contributed by atoms with E-state index in [0.717, 1.165) is 12.8 Å². The number of esters is 1. The van der Waals surface area contributed by atoms with Crippen LogP contribution >= 0.6 is 0 Å². The summed E-state index contributed by atoms with van der Waals surface area (Å²) in [6.45, 7) is 2.60. The number of rotatable bonds is 19. The lowest BCUT2D eigenvalue weighted by molar-refractivity contribution is 0.0594. The summed E-state index contributed by atoms with van der Waals surface area (Å²) in [7, 11) is 1.29. The van der Waals surface area contributed by atoms with Crippen LogP contribution in [-0.4, -0.2) is 25.8 Å². The molecule has 1 aromatic carbocycles. The van der Waals surface area contributed by atoms with Crippen LogP contribution in [-0.2, 0) is 9.47 Å². The molecule has 0 bridgehead atoms. The second-order valence-corrected chi connectivity index (χ2v) is 8.49. The molecule has 1 aromatic rings. The molecule has 0 amide bonds. The van der Waals surface area contributed by atoms with E-state index in [0.29, 0.717) is 6.61 Å². The van der Waals surface area contributed by atoms with Gasteiger partial charge in [-0.3, -0.25) is 0 Å². The monoisotopic (exact) mass is 448 g/mol. The van der Waals surface area contributed by atoms with Gasteiger partial charge in [-0.2, -0.15) is 0 Å². The molecule has 0 unspecified atom stereocenters. The van der Waals surface area contributed by atoms with Crippen LogP contribution in [0, 0.1) is 0 Å². The Morgan fingerprint density at radius 2 is 1.16 bits per heavy atom. The Labute approximate surface area is 195 Å². The van der Waals surface area contributed by atoms with Crippen molar-refractivity contribution in [1.82, 2.24) is 0 Å². The number of benzene rings is 1. The molecule has 0 aliphatic carbocycles. The summed E-state index contributed by atoms with van der Waals surface area (Å²) in [5, 5.41) is 0. The van der Waals surface area contributed by atoms with Crippen LogP contribution < -0.4 is 4.74 Å². The van der Waals surface area contributed by atoms with Crippen molar-refractivity contribution in [3.63, 3.8) is 0 Å². The van der Waals surface area contributed by atoms with Gasteiger partial charge in [-0.15, -0.1) is 0 Å². The molecule has 0 saturated heterocycles. The third-order valence-corrected chi connectivity index (χ3v) is 5.70. The average Bonchev–Trinajstić information content (AvgIpc) is 2.81. The lowest BCUT2D eigenvalue weighted by Crippen LogP contribution is -2.14. The standard InChI is InChI=1S/C27H44O5/c1-3-4-5-6-7-8-9-10-11-12-13-14-15-16-17-20-23-31-27(29)32-25-22-19-18-21-24(25)26(28)30-2/h18-19,21-22H,3-17,20,23H2,1-2H3. The van der Waals surface area contributed by atoms with E-state index < -0.39 is 12.1 Å². The van der Waals surface area contributed by atoms with E-state index in [-0.39, 0.29) is 11.3 Å². The highest BCUT2D eigenvalue weighted by Crippen LogP contribution is 2.19. The maximum absolute atomic E-state index is 11.8. The molecule has 0 fully saturated rings. The molecule has 0 atom stereocenters. The average molecular weight is 449 g/mol. The smallest absolute Gasteiger partial charge is 0.465 e. The van der Waals surface area contributed by atoms with E-state index in [1.54, 1.807) is 24.3 Å². The number of hydrogen-bond acceptors (Lipinski definition) is 5. The highest BCUT2D eigenvalue weighted by Gasteiger charge is 2.15. The first-order chi connectivity index (χ1) is 15.7. The third-order valence-electron chi connectivity index (χ3n) is 5.70. The lowest BCUT2D eigenvalue weighted by Gasteiger charge is -2.09. The largest absolute Gasteiger partial charge is 0.513 e. The van der Waals surface area contributed by atoms with Crippen molar-refractivity contribution in [2.24, 2.45) is 0 Å². The second kappa shape index (κ2) is 19.6. The number of unbranched alkanes of at least 4 members (excludes halogenated alkanes) is 15. The van der Waals surface area contributed by atoms with Crippen molar-refractivity contribution >= 4 is 12.1 Å². The maximum atomic E-state index is 11.8. The molecule has 0 heterocycles. The Balaban J connectivity index is 1.91. The Bertz CT molecular complexity index is 614. The van der Waals surface area contributed by atoms with Gasteiger partial charge in [0.1, 0.15) is 11.3 Å². The summed E-state index contributed by atoms with van der Waals surface area (Å²) >= 11 is 0. The summed E-state index contributed by atoms with van der Waals surface area (Å²) in [5.74, 6) is -0.400. The number of carbonyl (C=O) groups excluding carboxylic acids is 2. The van der Waals surface area contributed by atoms with E-state index in [1.165, 1.54) is 97.0 Å². The fraction of sp³-hybridized carbons (Fsp3) is 0.704. The summed E-state index contributed by atoms with van der Waals surface area (Å²) < 4.78 is 14.9. The quantitative estimate of drug-likeness (QED) is 0.121. The van der Waals surface area contributed by atoms with Gasteiger partial charge in [-0.05, 0) is 18.6 Å². The Morgan fingerprint density at radius 1 is 0.688 bits per heavy atom. The zero-order valence-corrected chi connectivity index (χ0v) is 20.4. The molecule has 0 aliphatic rings. The molecule has 0 spiro atoms. The van der Waals surface area contributed by atoms with Crippen molar-refractivity contribution in [3.05, 3.63) is 29.8 Å². The van der Waals surface area contributed by atoms with Gasteiger partial charge < -0.3 is 14.2 Å². The minimum Gasteiger partial charge on any atom is -0.465 e. The summed E-state index contributed by atoms with van der Waals surface area (Å²) in [6, 6.07) is 6.46. The minimum atomic E-state index is -0.790. The number of carbonyl (C=O) groups is 2. The van der Waals surface area contributed by atoms with Gasteiger partial charge in [0.2, 0.25) is 0 Å². The number of ether oxygens (including phenoxy) is 3. The number of para-hydroxylation sites is 1. The van der Waals surface area contributed by atoms with Gasteiger partial charge >= 0.3 is 12.1 Å². The van der Waals surface area contributed by atoms with E-state index in [9.17, 15) is 9.59 Å². The van der Waals surface area contributed by atoms with E-state index in [4.69, 9.17) is 9.47 Å². The van der Waals surface area contributed by atoms with Crippen molar-refractivity contribution < 1.29 is 23.8 Å². The first-order valence-corrected chi connectivity index (χ1v) is 12.7. The molecule has 0 aliphatic heterocycles. The Hall–Kier alpha value is -2.04. The van der Waals surface area contributed by atoms with Gasteiger partial charge in [-0.1, -0.05) is 115 Å². The first kappa shape index (κ1) is 28.0. The lowest BCUT2D eigenvalue weighted by atomic mass is 10.0. The predicted molar refractivity (Wildman–Crippen MR) is 129 cm³/mol. The Kier molecular flexibility index (Phi) is 17.2. The van der Waals surface area contributed by atoms with Crippen molar-refractivity contribution in [1.29, 1.82) is 0 Å². The molecule has 0 radical (unpaired) electrons. The van der Waals surface area contributed by atoms with Gasteiger partial charge in [0.05, 0.1) is 13.7 Å². The van der Waals surface area contributed by atoms with Crippen LogP contribution in [0.3, 0.4) is 0 Å². The molecule has 32 heavy (non-hydrogen) atoms. The Morgan fingerprint density at radius 3 is 1.66 bits per heavy atom. The SMILES string of the molecule is CCCCCCCCCCCCCCCCCCOC(=O)Oc1ccccc1C(=O)OC. The van der Waals surface area contributed by atoms with Gasteiger partial charge in [-0.25, -0.2) is 9.59 Å². The highest BCUT2D eigenvalue weighted by atomic mass is 16.7. The molecule has 0 saturated carbocycles. The highest BCUT2D eigenvalue weighted by molar-refractivity contribution is 5.93. The molecule has 1 rings (SSSR count). The van der Waals surface area contributed by atoms with E-state index in [2.05, 4.69) is 11.7 Å². The molecule has 182 valence electrons. The fourth-order valence-electron chi connectivity index (χ4n) is 3.76. The van der Waals surface area contributed by atoms with E-state index >= 15 is 0 Å². The van der Waals surface area contributed by atoms with E-state index in [1.807, 2.05) is 0 Å². The van der Waals surface area contributed by atoms with Crippen LogP contribution in [0.25, 0.3) is 0 Å². The first-order valence-electron chi connectivity index (χ1n) is 12.7. The summed E-state index contributed by atoms with van der Waals surface area (Å²) in [6.07, 6.45) is 20.1.